The Balaban J connectivity index is 0.000000247. The predicted octanol–water partition coefficient (Wildman–Crippen LogP) is 3.44. The third kappa shape index (κ3) is 12.7. The zero-order valence-electron chi connectivity index (χ0n) is 18.1. The number of nitrogens with one attached hydrogen (secondary N) is 2. The van der Waals surface area contributed by atoms with Crippen LogP contribution in [0.1, 0.15) is 17.4 Å². The lowest BCUT2D eigenvalue weighted by Gasteiger charge is -2.02. The van der Waals surface area contributed by atoms with Gasteiger partial charge in [0.15, 0.2) is 0 Å². The molecule has 1 heterocycles. The molecule has 0 unspecified atom stereocenters. The van der Waals surface area contributed by atoms with E-state index in [1.165, 1.54) is 28.5 Å². The first-order valence-corrected chi connectivity index (χ1v) is 10.6. The summed E-state index contributed by atoms with van der Waals surface area (Å²) in [6.07, 6.45) is 0. The molecule has 3 aromatic rings. The van der Waals surface area contributed by atoms with E-state index >= 15 is 0 Å². The summed E-state index contributed by atoms with van der Waals surface area (Å²) in [7, 11) is 0. The molecular formula is C24H29N3O3S. The number of amides is 3. The number of carbonyl (C=O) groups excluding carboxylic acids is 3. The molecule has 164 valence electrons. The SMILES string of the molecule is CC(=O)NCC(=O)NCC(N)=O.Cc1ccc(-c2ccccc2)cc1.Cc1cccs1. The Morgan fingerprint density at radius 3 is 1.87 bits per heavy atom. The molecule has 0 atom stereocenters. The molecule has 0 saturated heterocycles. The summed E-state index contributed by atoms with van der Waals surface area (Å²) in [4.78, 5) is 32.6. The standard InChI is InChI=1S/C13H12.C6H11N3O3.C5H6S/c1-11-7-9-13(10-8-11)12-5-3-2-4-6-12;1-4(10)8-3-6(12)9-2-5(7)11;1-5-3-2-4-6-5/h2-10H,1H3;2-3H2,1H3,(H2,7,11)(H,8,10)(H,9,12);2-4H,1H3. The molecule has 1 aromatic heterocycles. The van der Waals surface area contributed by atoms with Gasteiger partial charge in [-0.3, -0.25) is 14.4 Å². The van der Waals surface area contributed by atoms with Crippen LogP contribution in [-0.2, 0) is 14.4 Å². The molecule has 7 heteroatoms. The van der Waals surface area contributed by atoms with Crippen molar-refractivity contribution in [3.8, 4) is 11.1 Å². The summed E-state index contributed by atoms with van der Waals surface area (Å²) < 4.78 is 0. The summed E-state index contributed by atoms with van der Waals surface area (Å²) >= 11 is 1.78. The molecule has 0 aliphatic carbocycles. The van der Waals surface area contributed by atoms with Crippen LogP contribution in [0.25, 0.3) is 11.1 Å². The second-order valence-corrected chi connectivity index (χ2v) is 7.76. The lowest BCUT2D eigenvalue weighted by Crippen LogP contribution is -2.39. The van der Waals surface area contributed by atoms with Crippen molar-refractivity contribution in [2.75, 3.05) is 13.1 Å². The minimum absolute atomic E-state index is 0.136. The number of nitrogens with two attached hydrogens (primary N) is 1. The average Bonchev–Trinajstić information content (AvgIpc) is 3.24. The van der Waals surface area contributed by atoms with Crippen LogP contribution in [-0.4, -0.2) is 30.8 Å². The quantitative estimate of drug-likeness (QED) is 0.567. The number of primary amides is 1. The Labute approximate surface area is 187 Å². The third-order valence-corrected chi connectivity index (χ3v) is 4.58. The van der Waals surface area contributed by atoms with Crippen LogP contribution in [0.15, 0.2) is 72.1 Å². The summed E-state index contributed by atoms with van der Waals surface area (Å²) in [6.45, 7) is 5.15. The first-order valence-electron chi connectivity index (χ1n) is 9.69. The van der Waals surface area contributed by atoms with Crippen molar-refractivity contribution in [3.63, 3.8) is 0 Å². The molecule has 2 aromatic carbocycles. The normalized spacial score (nSPS) is 9.26. The number of rotatable bonds is 5. The van der Waals surface area contributed by atoms with Gasteiger partial charge in [0.2, 0.25) is 17.7 Å². The van der Waals surface area contributed by atoms with Gasteiger partial charge < -0.3 is 16.4 Å². The number of thiophene rings is 1. The van der Waals surface area contributed by atoms with Crippen LogP contribution in [0.3, 0.4) is 0 Å². The Kier molecular flexibility index (Phi) is 12.0. The second-order valence-electron chi connectivity index (χ2n) is 6.61. The van der Waals surface area contributed by atoms with Crippen LogP contribution in [0.2, 0.25) is 0 Å². The van der Waals surface area contributed by atoms with E-state index in [4.69, 9.17) is 5.73 Å². The van der Waals surface area contributed by atoms with Gasteiger partial charge in [-0.05, 0) is 36.4 Å². The first kappa shape index (κ1) is 25.6. The van der Waals surface area contributed by atoms with Crippen molar-refractivity contribution < 1.29 is 14.4 Å². The zero-order chi connectivity index (χ0) is 23.1. The maximum absolute atomic E-state index is 10.7. The van der Waals surface area contributed by atoms with E-state index in [-0.39, 0.29) is 19.0 Å². The summed E-state index contributed by atoms with van der Waals surface area (Å²) in [5, 5.41) is 6.55. The van der Waals surface area contributed by atoms with Gasteiger partial charge in [0.1, 0.15) is 0 Å². The van der Waals surface area contributed by atoms with Gasteiger partial charge in [-0.25, -0.2) is 0 Å². The molecule has 3 rings (SSSR count). The first-order chi connectivity index (χ1) is 14.8. The largest absolute Gasteiger partial charge is 0.368 e. The van der Waals surface area contributed by atoms with Crippen molar-refractivity contribution in [2.45, 2.75) is 20.8 Å². The maximum Gasteiger partial charge on any atom is 0.239 e. The van der Waals surface area contributed by atoms with Crippen LogP contribution < -0.4 is 16.4 Å². The molecule has 6 nitrogen and oxygen atoms in total. The molecule has 4 N–H and O–H groups in total. The Bertz CT molecular complexity index is 904. The molecule has 0 saturated carbocycles. The Hall–Kier alpha value is -3.45. The van der Waals surface area contributed by atoms with Gasteiger partial charge >= 0.3 is 0 Å². The Morgan fingerprint density at radius 1 is 0.806 bits per heavy atom. The van der Waals surface area contributed by atoms with E-state index in [2.05, 4.69) is 90.5 Å². The fourth-order valence-corrected chi connectivity index (χ4v) is 2.72. The molecule has 0 radical (unpaired) electrons. The van der Waals surface area contributed by atoms with E-state index in [0.29, 0.717) is 0 Å². The van der Waals surface area contributed by atoms with E-state index in [1.54, 1.807) is 11.3 Å². The van der Waals surface area contributed by atoms with Crippen LogP contribution in [0.5, 0.6) is 0 Å². The molecule has 0 spiro atoms. The van der Waals surface area contributed by atoms with Gasteiger partial charge in [0, 0.05) is 11.8 Å². The fourth-order valence-electron chi connectivity index (χ4n) is 2.19. The van der Waals surface area contributed by atoms with Gasteiger partial charge in [-0.2, -0.15) is 0 Å². The van der Waals surface area contributed by atoms with Crippen molar-refractivity contribution in [3.05, 3.63) is 82.6 Å². The second kappa shape index (κ2) is 14.5. The van der Waals surface area contributed by atoms with E-state index in [9.17, 15) is 14.4 Å². The average molecular weight is 440 g/mol. The molecular weight excluding hydrogens is 410 g/mol. The van der Waals surface area contributed by atoms with Gasteiger partial charge in [-0.1, -0.05) is 66.2 Å². The van der Waals surface area contributed by atoms with Gasteiger partial charge in [0.25, 0.3) is 0 Å². The number of carbonyl (C=O) groups is 3. The minimum Gasteiger partial charge on any atom is -0.368 e. The molecule has 31 heavy (non-hydrogen) atoms. The topological polar surface area (TPSA) is 101 Å². The third-order valence-electron chi connectivity index (χ3n) is 3.78. The van der Waals surface area contributed by atoms with Crippen molar-refractivity contribution in [2.24, 2.45) is 5.73 Å². The van der Waals surface area contributed by atoms with Crippen LogP contribution in [0, 0.1) is 13.8 Å². The summed E-state index contributed by atoms with van der Waals surface area (Å²) in [6, 6.07) is 23.2. The Morgan fingerprint density at radius 2 is 1.42 bits per heavy atom. The monoisotopic (exact) mass is 439 g/mol. The van der Waals surface area contributed by atoms with Gasteiger partial charge in [-0.15, -0.1) is 11.3 Å². The van der Waals surface area contributed by atoms with E-state index in [1.807, 2.05) is 6.07 Å². The van der Waals surface area contributed by atoms with Crippen molar-refractivity contribution >= 4 is 29.1 Å². The number of benzene rings is 2. The fraction of sp³-hybridized carbons (Fsp3) is 0.208. The predicted molar refractivity (Wildman–Crippen MR) is 127 cm³/mol. The van der Waals surface area contributed by atoms with E-state index < -0.39 is 11.8 Å². The maximum atomic E-state index is 10.7. The highest BCUT2D eigenvalue weighted by Crippen LogP contribution is 2.18. The molecule has 0 bridgehead atoms. The van der Waals surface area contributed by atoms with Crippen LogP contribution >= 0.6 is 11.3 Å². The smallest absolute Gasteiger partial charge is 0.239 e. The zero-order valence-corrected chi connectivity index (χ0v) is 18.9. The van der Waals surface area contributed by atoms with Crippen LogP contribution in [0.4, 0.5) is 0 Å². The highest BCUT2D eigenvalue weighted by Gasteiger charge is 2.02. The highest BCUT2D eigenvalue weighted by atomic mass is 32.1. The molecule has 0 aliphatic heterocycles. The molecule has 3 amide bonds. The highest BCUT2D eigenvalue weighted by molar-refractivity contribution is 7.09. The molecule has 0 aliphatic rings. The summed E-state index contributed by atoms with van der Waals surface area (Å²) in [5.41, 5.74) is 8.62. The lowest BCUT2D eigenvalue weighted by atomic mass is 10.0. The number of hydrogen-bond donors (Lipinski definition) is 3. The summed E-state index contributed by atoms with van der Waals surface area (Å²) in [5.74, 6) is -1.36. The number of aryl methyl sites for hydroxylation is 2. The molecule has 0 fully saturated rings. The number of hydrogen-bond acceptors (Lipinski definition) is 4. The van der Waals surface area contributed by atoms with Gasteiger partial charge in [0.05, 0.1) is 13.1 Å². The van der Waals surface area contributed by atoms with Crippen molar-refractivity contribution in [1.82, 2.24) is 10.6 Å². The lowest BCUT2D eigenvalue weighted by molar-refractivity contribution is -0.126. The van der Waals surface area contributed by atoms with Crippen molar-refractivity contribution in [1.29, 1.82) is 0 Å². The van der Waals surface area contributed by atoms with E-state index in [0.717, 1.165) is 0 Å². The minimum atomic E-state index is -0.619.